The van der Waals surface area contributed by atoms with E-state index < -0.39 is 11.9 Å². The zero-order valence-corrected chi connectivity index (χ0v) is 10.2. The van der Waals surface area contributed by atoms with Crippen molar-refractivity contribution in [2.24, 2.45) is 0 Å². The molecule has 0 spiro atoms. The first-order valence-electron chi connectivity index (χ1n) is 6.21. The molecule has 0 saturated carbocycles. The predicted molar refractivity (Wildman–Crippen MR) is 66.0 cm³/mol. The lowest BCUT2D eigenvalue weighted by Crippen LogP contribution is -1.93. The van der Waals surface area contributed by atoms with Crippen molar-refractivity contribution in [3.8, 4) is 0 Å². The van der Waals surface area contributed by atoms with Gasteiger partial charge in [0, 0.05) is 6.42 Å². The molecule has 0 rings (SSSR count). The maximum atomic E-state index is 10.2. The quantitative estimate of drug-likeness (QED) is 0.431. The molecule has 4 nitrogen and oxygen atoms in total. The average Bonchev–Trinajstić information content (AvgIpc) is 2.25. The smallest absolute Gasteiger partial charge is 0.307 e. The van der Waals surface area contributed by atoms with Crippen molar-refractivity contribution in [3.63, 3.8) is 0 Å². The van der Waals surface area contributed by atoms with Crippen molar-refractivity contribution < 1.29 is 19.8 Å². The first-order valence-corrected chi connectivity index (χ1v) is 6.21. The molecule has 0 saturated heterocycles. The molecular weight excluding hydrogens is 220 g/mol. The Morgan fingerprint density at radius 2 is 1.35 bits per heavy atom. The number of carboxylic acid groups (broad SMARTS) is 2. The third kappa shape index (κ3) is 14.7. The molecule has 98 valence electrons. The third-order valence-corrected chi connectivity index (χ3v) is 2.47. The Balaban J connectivity index is 3.11. The van der Waals surface area contributed by atoms with E-state index in [1.165, 1.54) is 0 Å². The molecule has 0 aromatic heterocycles. The minimum atomic E-state index is -0.792. The summed E-state index contributed by atoms with van der Waals surface area (Å²) in [5.41, 5.74) is 0. The highest BCUT2D eigenvalue weighted by atomic mass is 16.4. The molecule has 17 heavy (non-hydrogen) atoms. The molecule has 0 radical (unpaired) electrons. The highest BCUT2D eigenvalue weighted by Crippen LogP contribution is 2.08. The SMILES string of the molecule is O=C(O)C/C=C/CCCCCCCCC(=O)O. The van der Waals surface area contributed by atoms with E-state index in [9.17, 15) is 9.59 Å². The first kappa shape index (κ1) is 15.7. The average molecular weight is 242 g/mol. The second-order valence-electron chi connectivity index (χ2n) is 4.12. The van der Waals surface area contributed by atoms with Crippen molar-refractivity contribution >= 4 is 11.9 Å². The standard InChI is InChI=1S/C13H22O4/c14-12(15)10-8-6-4-2-1-3-5-7-9-11-13(16)17/h6,8H,1-5,7,9-11H2,(H,14,15)(H,16,17)/b8-6+. The summed E-state index contributed by atoms with van der Waals surface area (Å²) in [7, 11) is 0. The van der Waals surface area contributed by atoms with Crippen LogP contribution in [0.15, 0.2) is 12.2 Å². The molecule has 0 bridgehead atoms. The number of aliphatic carboxylic acids is 2. The summed E-state index contributed by atoms with van der Waals surface area (Å²) < 4.78 is 0. The highest BCUT2D eigenvalue weighted by molar-refractivity contribution is 5.68. The van der Waals surface area contributed by atoms with Gasteiger partial charge in [0.2, 0.25) is 0 Å². The molecular formula is C13H22O4. The van der Waals surface area contributed by atoms with Crippen LogP contribution in [0.25, 0.3) is 0 Å². The maximum absolute atomic E-state index is 10.2. The van der Waals surface area contributed by atoms with Crippen LogP contribution in [0, 0.1) is 0 Å². The largest absolute Gasteiger partial charge is 0.481 e. The van der Waals surface area contributed by atoms with Crippen molar-refractivity contribution in [1.29, 1.82) is 0 Å². The molecule has 0 aromatic carbocycles. The van der Waals surface area contributed by atoms with Gasteiger partial charge in [0.05, 0.1) is 6.42 Å². The van der Waals surface area contributed by atoms with Crippen LogP contribution in [0.5, 0.6) is 0 Å². The summed E-state index contributed by atoms with van der Waals surface area (Å²) >= 11 is 0. The monoisotopic (exact) mass is 242 g/mol. The van der Waals surface area contributed by atoms with Gasteiger partial charge < -0.3 is 10.2 Å². The zero-order valence-electron chi connectivity index (χ0n) is 10.2. The number of rotatable bonds is 11. The normalized spacial score (nSPS) is 10.8. The van der Waals surface area contributed by atoms with Gasteiger partial charge in [-0.05, 0) is 19.3 Å². The number of hydrogen-bond donors (Lipinski definition) is 2. The van der Waals surface area contributed by atoms with Gasteiger partial charge in [-0.25, -0.2) is 0 Å². The van der Waals surface area contributed by atoms with Crippen molar-refractivity contribution in [3.05, 3.63) is 12.2 Å². The van der Waals surface area contributed by atoms with Crippen LogP contribution < -0.4 is 0 Å². The Kier molecular flexibility index (Phi) is 10.3. The van der Waals surface area contributed by atoms with Crippen LogP contribution in [-0.4, -0.2) is 22.2 Å². The minimum absolute atomic E-state index is 0.106. The van der Waals surface area contributed by atoms with Crippen molar-refractivity contribution in [1.82, 2.24) is 0 Å². The second-order valence-corrected chi connectivity index (χ2v) is 4.12. The lowest BCUT2D eigenvalue weighted by Gasteiger charge is -1.99. The Labute approximate surface area is 102 Å². The molecule has 0 atom stereocenters. The molecule has 0 aliphatic heterocycles. The van der Waals surface area contributed by atoms with E-state index in [4.69, 9.17) is 10.2 Å². The van der Waals surface area contributed by atoms with Gasteiger partial charge in [0.1, 0.15) is 0 Å². The molecule has 0 fully saturated rings. The van der Waals surface area contributed by atoms with Crippen molar-refractivity contribution in [2.45, 2.75) is 57.8 Å². The molecule has 0 aromatic rings. The Hall–Kier alpha value is -1.32. The summed E-state index contributed by atoms with van der Waals surface area (Å²) in [6, 6.07) is 0. The van der Waals surface area contributed by atoms with Gasteiger partial charge >= 0.3 is 11.9 Å². The fourth-order valence-electron chi connectivity index (χ4n) is 1.55. The van der Waals surface area contributed by atoms with Gasteiger partial charge in [-0.15, -0.1) is 0 Å². The summed E-state index contributed by atoms with van der Waals surface area (Å²) in [5.74, 6) is -1.51. The lowest BCUT2D eigenvalue weighted by atomic mass is 10.1. The molecule has 0 heterocycles. The first-order chi connectivity index (χ1) is 8.13. The van der Waals surface area contributed by atoms with E-state index in [1.54, 1.807) is 6.08 Å². The summed E-state index contributed by atoms with van der Waals surface area (Å²) in [5, 5.41) is 16.8. The number of unbranched alkanes of at least 4 members (excludes halogenated alkanes) is 6. The van der Waals surface area contributed by atoms with Crippen LogP contribution >= 0.6 is 0 Å². The fourth-order valence-corrected chi connectivity index (χ4v) is 1.55. The predicted octanol–water partition coefficient (Wildman–Crippen LogP) is 3.22. The number of carboxylic acids is 2. The van der Waals surface area contributed by atoms with Crippen LogP contribution in [0.1, 0.15) is 57.8 Å². The molecule has 4 heteroatoms. The number of hydrogen-bond acceptors (Lipinski definition) is 2. The Morgan fingerprint density at radius 1 is 0.765 bits per heavy atom. The minimum Gasteiger partial charge on any atom is -0.481 e. The summed E-state index contributed by atoms with van der Waals surface area (Å²) in [6.45, 7) is 0. The topological polar surface area (TPSA) is 74.6 Å². The third-order valence-electron chi connectivity index (χ3n) is 2.47. The highest BCUT2D eigenvalue weighted by Gasteiger charge is 1.96. The van der Waals surface area contributed by atoms with Crippen molar-refractivity contribution in [2.75, 3.05) is 0 Å². The van der Waals surface area contributed by atoms with E-state index in [2.05, 4.69) is 0 Å². The summed E-state index contributed by atoms with van der Waals surface area (Å²) in [6.07, 6.45) is 11.1. The van der Waals surface area contributed by atoms with E-state index in [1.807, 2.05) is 6.08 Å². The van der Waals surface area contributed by atoms with Crippen LogP contribution in [0.4, 0.5) is 0 Å². The molecule has 2 N–H and O–H groups in total. The Morgan fingerprint density at radius 3 is 1.94 bits per heavy atom. The lowest BCUT2D eigenvalue weighted by molar-refractivity contribution is -0.137. The van der Waals surface area contributed by atoms with Gasteiger partial charge in [0.15, 0.2) is 0 Å². The summed E-state index contributed by atoms with van der Waals surface area (Å²) in [4.78, 5) is 20.4. The van der Waals surface area contributed by atoms with E-state index >= 15 is 0 Å². The maximum Gasteiger partial charge on any atom is 0.307 e. The van der Waals surface area contributed by atoms with Crippen LogP contribution in [0.3, 0.4) is 0 Å². The van der Waals surface area contributed by atoms with Gasteiger partial charge in [-0.1, -0.05) is 37.8 Å². The van der Waals surface area contributed by atoms with Gasteiger partial charge in [0.25, 0.3) is 0 Å². The second kappa shape index (κ2) is 11.2. The molecule has 0 aliphatic rings. The Bertz CT molecular complexity index is 246. The van der Waals surface area contributed by atoms with Gasteiger partial charge in [-0.2, -0.15) is 0 Å². The van der Waals surface area contributed by atoms with Crippen LogP contribution in [0.2, 0.25) is 0 Å². The fraction of sp³-hybridized carbons (Fsp3) is 0.692. The van der Waals surface area contributed by atoms with E-state index in [0.29, 0.717) is 0 Å². The molecule has 0 unspecified atom stereocenters. The zero-order chi connectivity index (χ0) is 12.9. The van der Waals surface area contributed by atoms with Crippen LogP contribution in [-0.2, 0) is 9.59 Å². The number of carbonyl (C=O) groups is 2. The van der Waals surface area contributed by atoms with E-state index in [0.717, 1.165) is 44.9 Å². The number of allylic oxidation sites excluding steroid dienone is 1. The molecule has 0 aliphatic carbocycles. The molecule has 0 amide bonds. The van der Waals surface area contributed by atoms with E-state index in [-0.39, 0.29) is 12.8 Å². The van der Waals surface area contributed by atoms with Gasteiger partial charge in [-0.3, -0.25) is 9.59 Å².